The highest BCUT2D eigenvalue weighted by Crippen LogP contribution is 2.11. The number of likely N-dealkylation sites (N-methyl/N-ethyl adjacent to an activating group) is 1. The number of urea groups is 1. The Bertz CT molecular complexity index is 360. The smallest absolute Gasteiger partial charge is 0.321 e. The Kier molecular flexibility index (Phi) is 3.98. The molecule has 2 rings (SSSR count). The fourth-order valence-corrected chi connectivity index (χ4v) is 2.06. The van der Waals surface area contributed by atoms with Crippen molar-refractivity contribution in [2.45, 2.75) is 18.9 Å². The van der Waals surface area contributed by atoms with Crippen LogP contribution in [0.5, 0.6) is 0 Å². The molecule has 1 saturated heterocycles. The van der Waals surface area contributed by atoms with E-state index in [-0.39, 0.29) is 6.03 Å². The van der Waals surface area contributed by atoms with Crippen molar-refractivity contribution in [3.63, 3.8) is 0 Å². The minimum atomic E-state index is -0.0371. The Labute approximate surface area is 102 Å². The number of amides is 2. The second-order valence-electron chi connectivity index (χ2n) is 4.41. The van der Waals surface area contributed by atoms with Crippen LogP contribution < -0.4 is 10.6 Å². The summed E-state index contributed by atoms with van der Waals surface area (Å²) in [5.74, 6) is 0. The molecule has 4 heteroatoms. The second kappa shape index (κ2) is 5.68. The monoisotopic (exact) mass is 233 g/mol. The van der Waals surface area contributed by atoms with E-state index in [9.17, 15) is 4.79 Å². The van der Waals surface area contributed by atoms with Gasteiger partial charge in [0.25, 0.3) is 0 Å². The van der Waals surface area contributed by atoms with Crippen molar-refractivity contribution in [2.24, 2.45) is 0 Å². The fraction of sp³-hybridized carbons (Fsp3) is 0.462. The lowest BCUT2D eigenvalue weighted by Gasteiger charge is -2.31. The lowest BCUT2D eigenvalue weighted by molar-refractivity contribution is 0.191. The minimum Gasteiger partial charge on any atom is -0.323 e. The van der Waals surface area contributed by atoms with Gasteiger partial charge in [0.1, 0.15) is 0 Å². The largest absolute Gasteiger partial charge is 0.323 e. The van der Waals surface area contributed by atoms with Gasteiger partial charge in [-0.2, -0.15) is 0 Å². The standard InChI is InChI=1S/C13H19N3O/c1-16(12-8-5-9-14-10-12)13(17)15-11-6-3-2-4-7-11/h2-4,6-7,12,14H,5,8-10H2,1H3,(H,15,17). The van der Waals surface area contributed by atoms with Gasteiger partial charge in [0, 0.05) is 25.3 Å². The molecule has 0 bridgehead atoms. The topological polar surface area (TPSA) is 44.4 Å². The van der Waals surface area contributed by atoms with Crippen molar-refractivity contribution in [3.8, 4) is 0 Å². The van der Waals surface area contributed by atoms with E-state index in [4.69, 9.17) is 0 Å². The molecule has 0 aliphatic carbocycles. The number of anilines is 1. The molecule has 1 aromatic rings. The minimum absolute atomic E-state index is 0.0371. The Morgan fingerprint density at radius 1 is 1.41 bits per heavy atom. The first-order valence-corrected chi connectivity index (χ1v) is 6.07. The van der Waals surface area contributed by atoms with E-state index in [0.29, 0.717) is 6.04 Å². The summed E-state index contributed by atoms with van der Waals surface area (Å²) in [7, 11) is 1.86. The molecule has 92 valence electrons. The van der Waals surface area contributed by atoms with E-state index >= 15 is 0 Å². The Morgan fingerprint density at radius 2 is 2.18 bits per heavy atom. The Morgan fingerprint density at radius 3 is 2.82 bits per heavy atom. The number of para-hydroxylation sites is 1. The molecule has 0 aromatic heterocycles. The molecule has 0 saturated carbocycles. The van der Waals surface area contributed by atoms with Crippen LogP contribution in [0.4, 0.5) is 10.5 Å². The summed E-state index contributed by atoms with van der Waals surface area (Å²) in [5.41, 5.74) is 0.841. The predicted octanol–water partition coefficient (Wildman–Crippen LogP) is 1.90. The van der Waals surface area contributed by atoms with Crippen LogP contribution in [-0.4, -0.2) is 37.1 Å². The maximum absolute atomic E-state index is 12.0. The Hall–Kier alpha value is -1.55. The van der Waals surface area contributed by atoms with Crippen molar-refractivity contribution in [3.05, 3.63) is 30.3 Å². The lowest BCUT2D eigenvalue weighted by Crippen LogP contribution is -2.48. The average molecular weight is 233 g/mol. The van der Waals surface area contributed by atoms with Crippen LogP contribution in [-0.2, 0) is 0 Å². The highest BCUT2D eigenvalue weighted by atomic mass is 16.2. The van der Waals surface area contributed by atoms with Gasteiger partial charge in [-0.25, -0.2) is 4.79 Å². The summed E-state index contributed by atoms with van der Waals surface area (Å²) < 4.78 is 0. The zero-order valence-corrected chi connectivity index (χ0v) is 10.1. The average Bonchev–Trinajstić information content (AvgIpc) is 2.40. The first-order chi connectivity index (χ1) is 8.27. The molecule has 1 aliphatic rings. The number of carbonyl (C=O) groups excluding carboxylic acids is 1. The number of nitrogens with zero attached hydrogens (tertiary/aromatic N) is 1. The molecule has 4 nitrogen and oxygen atoms in total. The summed E-state index contributed by atoms with van der Waals surface area (Å²) in [6.45, 7) is 1.95. The summed E-state index contributed by atoms with van der Waals surface area (Å²) in [6.07, 6.45) is 2.21. The summed E-state index contributed by atoms with van der Waals surface area (Å²) in [4.78, 5) is 13.8. The van der Waals surface area contributed by atoms with Gasteiger partial charge in [-0.15, -0.1) is 0 Å². The van der Waals surface area contributed by atoms with Gasteiger partial charge in [0.05, 0.1) is 0 Å². The van der Waals surface area contributed by atoms with Gasteiger partial charge < -0.3 is 15.5 Å². The van der Waals surface area contributed by atoms with Crippen LogP contribution in [0.1, 0.15) is 12.8 Å². The number of nitrogens with one attached hydrogen (secondary N) is 2. The highest BCUT2D eigenvalue weighted by Gasteiger charge is 2.21. The van der Waals surface area contributed by atoms with Gasteiger partial charge in [0.2, 0.25) is 0 Å². The van der Waals surface area contributed by atoms with Crippen LogP contribution in [0, 0.1) is 0 Å². The van der Waals surface area contributed by atoms with E-state index in [1.807, 2.05) is 37.4 Å². The zero-order valence-electron chi connectivity index (χ0n) is 10.1. The van der Waals surface area contributed by atoms with Crippen LogP contribution in [0.25, 0.3) is 0 Å². The molecule has 1 aliphatic heterocycles. The number of benzene rings is 1. The third kappa shape index (κ3) is 3.20. The van der Waals surface area contributed by atoms with Gasteiger partial charge >= 0.3 is 6.03 Å². The van der Waals surface area contributed by atoms with Crippen molar-refractivity contribution in [1.82, 2.24) is 10.2 Å². The summed E-state index contributed by atoms with van der Waals surface area (Å²) in [6, 6.07) is 9.81. The molecule has 1 heterocycles. The molecule has 2 amide bonds. The molecule has 1 atom stereocenters. The number of hydrogen-bond acceptors (Lipinski definition) is 2. The van der Waals surface area contributed by atoms with Crippen molar-refractivity contribution < 1.29 is 4.79 Å². The van der Waals surface area contributed by atoms with Crippen molar-refractivity contribution in [1.29, 1.82) is 0 Å². The van der Waals surface area contributed by atoms with Crippen LogP contribution in [0.15, 0.2) is 30.3 Å². The molecule has 1 unspecified atom stereocenters. The van der Waals surface area contributed by atoms with Gasteiger partial charge in [-0.1, -0.05) is 18.2 Å². The van der Waals surface area contributed by atoms with E-state index < -0.39 is 0 Å². The van der Waals surface area contributed by atoms with Gasteiger partial charge in [-0.05, 0) is 31.5 Å². The van der Waals surface area contributed by atoms with Crippen LogP contribution in [0.2, 0.25) is 0 Å². The quantitative estimate of drug-likeness (QED) is 0.819. The number of carbonyl (C=O) groups is 1. The van der Waals surface area contributed by atoms with E-state index in [0.717, 1.165) is 31.6 Å². The normalized spacial score (nSPS) is 19.7. The first-order valence-electron chi connectivity index (χ1n) is 6.07. The zero-order chi connectivity index (χ0) is 12.1. The number of hydrogen-bond donors (Lipinski definition) is 2. The molecule has 0 radical (unpaired) electrons. The van der Waals surface area contributed by atoms with Crippen molar-refractivity contribution >= 4 is 11.7 Å². The molecule has 17 heavy (non-hydrogen) atoms. The second-order valence-corrected chi connectivity index (χ2v) is 4.41. The number of piperidine rings is 1. The van der Waals surface area contributed by atoms with Gasteiger partial charge in [0.15, 0.2) is 0 Å². The summed E-state index contributed by atoms with van der Waals surface area (Å²) in [5, 5.41) is 6.21. The number of rotatable bonds is 2. The lowest BCUT2D eigenvalue weighted by atomic mass is 10.1. The van der Waals surface area contributed by atoms with E-state index in [1.54, 1.807) is 4.90 Å². The fourth-order valence-electron chi connectivity index (χ4n) is 2.06. The highest BCUT2D eigenvalue weighted by molar-refractivity contribution is 5.89. The third-order valence-corrected chi connectivity index (χ3v) is 3.16. The maximum atomic E-state index is 12.0. The van der Waals surface area contributed by atoms with Crippen LogP contribution in [0.3, 0.4) is 0 Å². The SMILES string of the molecule is CN(C(=O)Nc1ccccc1)C1CCCNC1. The molecular weight excluding hydrogens is 214 g/mol. The summed E-state index contributed by atoms with van der Waals surface area (Å²) >= 11 is 0. The first kappa shape index (κ1) is 11.9. The molecule has 2 N–H and O–H groups in total. The van der Waals surface area contributed by atoms with E-state index in [2.05, 4.69) is 10.6 Å². The van der Waals surface area contributed by atoms with E-state index in [1.165, 1.54) is 0 Å². The molecule has 1 aromatic carbocycles. The van der Waals surface area contributed by atoms with Gasteiger partial charge in [-0.3, -0.25) is 0 Å². The maximum Gasteiger partial charge on any atom is 0.321 e. The predicted molar refractivity (Wildman–Crippen MR) is 69.1 cm³/mol. The van der Waals surface area contributed by atoms with Crippen molar-refractivity contribution in [2.75, 3.05) is 25.5 Å². The molecular formula is C13H19N3O. The van der Waals surface area contributed by atoms with Crippen LogP contribution >= 0.6 is 0 Å². The molecule has 0 spiro atoms. The molecule has 1 fully saturated rings. The Balaban J connectivity index is 1.90. The third-order valence-electron chi connectivity index (χ3n) is 3.16.